The molecule has 0 aliphatic carbocycles. The van der Waals surface area contributed by atoms with Crippen molar-refractivity contribution in [1.29, 1.82) is 0 Å². The van der Waals surface area contributed by atoms with Crippen LogP contribution in [0.3, 0.4) is 0 Å². The van der Waals surface area contributed by atoms with E-state index in [2.05, 4.69) is 0 Å². The number of hydrogen-bond donors (Lipinski definition) is 0. The molecule has 0 spiro atoms. The monoisotopic (exact) mass is 1120 g/mol. The van der Waals surface area contributed by atoms with Crippen molar-refractivity contribution in [3.8, 4) is 0 Å². The van der Waals surface area contributed by atoms with Crippen molar-refractivity contribution in [2.45, 2.75) is 0 Å². The fourth-order valence-electron chi connectivity index (χ4n) is 0. The zero-order valence-electron chi connectivity index (χ0n) is 9.37. The van der Waals surface area contributed by atoms with E-state index in [1.807, 2.05) is 0 Å². The van der Waals surface area contributed by atoms with Crippen molar-refractivity contribution in [3.63, 3.8) is 0 Å². The summed E-state index contributed by atoms with van der Waals surface area (Å²) in [6, 6.07) is 0. The van der Waals surface area contributed by atoms with E-state index in [1.54, 1.807) is 0 Å². The molecule has 0 aromatic rings. The average molecular weight is 1120 g/mol. The Morgan fingerprint density at radius 3 is 0.409 bits per heavy atom. The van der Waals surface area contributed by atoms with Gasteiger partial charge in [0.25, 0.3) is 0 Å². The van der Waals surface area contributed by atoms with Gasteiger partial charge in [-0.25, -0.2) is 0 Å². The van der Waals surface area contributed by atoms with E-state index in [0.717, 1.165) is 0 Å². The Morgan fingerprint density at radius 1 is 0.409 bits per heavy atom. The molecule has 0 rings (SSSR count). The molecule has 3 N–H and O–H groups in total. The Hall–Kier alpha value is 0.892. The molecule has 8 radical (unpaired) electrons. The second-order valence-electron chi connectivity index (χ2n) is 0.671. The van der Waals surface area contributed by atoms with Crippen LogP contribution in [0.1, 0.15) is 0 Å². The molecule has 0 saturated heterocycles. The summed E-state index contributed by atoms with van der Waals surface area (Å²) in [6.07, 6.45) is 0. The second-order valence-corrected chi connectivity index (χ2v) is 0.671. The fraction of sp³-hybridized carbons (Fsp3) is 0. The van der Waals surface area contributed by atoms with Crippen molar-refractivity contribution in [2.24, 2.45) is 0 Å². The molecule has 0 saturated carbocycles. The normalized spacial score (nSPS) is 3.27. The molecule has 0 aromatic heterocycles. The van der Waals surface area contributed by atoms with Gasteiger partial charge in [-0.15, -0.1) is 0 Å². The fourth-order valence-corrected chi connectivity index (χ4v) is 0. The Labute approximate surface area is 196 Å². The maximum Gasteiger partial charge on any atom is 3.00 e. The predicted molar refractivity (Wildman–Crippen MR) is 62.0 cm³/mol. The Bertz CT molecular complexity index is 124. The third kappa shape index (κ3) is 10400. The van der Waals surface area contributed by atoms with Crippen molar-refractivity contribution < 1.29 is 48.1 Å². The largest absolute Gasteiger partial charge is 3.00 e. The SMILES string of the molecule is O=[N+]([O-])[O-].O=[N+]([O-])[O-].O=[N+]([O-])[O-].[Bi+3].[Bi+3].[Bi+3].[Bi+3].[O-2].[O-2].[O-2].[OH-].[OH-].[OH-]. The molecule has 0 aromatic carbocycles. The molecule has 18 nitrogen and oxygen atoms in total. The minimum absolute atomic E-state index is 0. The first-order chi connectivity index (χ1) is 5.20. The van der Waals surface area contributed by atoms with Gasteiger partial charge < -0.3 is 78.8 Å². The first-order valence-corrected chi connectivity index (χ1v) is 1.64. The van der Waals surface area contributed by atoms with E-state index in [9.17, 15) is 0 Å². The Morgan fingerprint density at radius 2 is 0.409 bits per heavy atom. The van der Waals surface area contributed by atoms with Gasteiger partial charge in [0.05, 0.1) is 15.3 Å². The molecule has 22 heavy (non-hydrogen) atoms. The predicted octanol–water partition coefficient (Wildman–Crippen LogP) is -3.13. The Kier molecular flexibility index (Phi) is 498. The van der Waals surface area contributed by atoms with Gasteiger partial charge in [-0.2, -0.15) is 0 Å². The molecule has 0 unspecified atom stereocenters. The van der Waals surface area contributed by atoms with Gasteiger partial charge in [-0.3, -0.25) is 0 Å². The van der Waals surface area contributed by atoms with E-state index in [4.69, 9.17) is 46.0 Å². The summed E-state index contributed by atoms with van der Waals surface area (Å²) in [4.78, 5) is 24.8. The first-order valence-electron chi connectivity index (χ1n) is 1.64. The molecule has 128 valence electrons. The van der Waals surface area contributed by atoms with Crippen LogP contribution in [0.4, 0.5) is 0 Å². The van der Waals surface area contributed by atoms with Crippen LogP contribution in [0, 0.1) is 46.0 Å². The smallest absolute Gasteiger partial charge is 2.00 e. The molecule has 0 amide bonds. The summed E-state index contributed by atoms with van der Waals surface area (Å²) in [5.41, 5.74) is 0. The minimum Gasteiger partial charge on any atom is -2.00 e. The molecular formula is H3Bi4N3O15. The van der Waals surface area contributed by atoms with Gasteiger partial charge in [-0.05, 0) is 0 Å². The first kappa shape index (κ1) is 112. The number of hydrogen-bond acceptors (Lipinski definition) is 12. The molecule has 0 aliphatic heterocycles. The van der Waals surface area contributed by atoms with Gasteiger partial charge >= 0.3 is 105 Å². The van der Waals surface area contributed by atoms with Crippen LogP contribution in [-0.2, 0) is 16.4 Å². The zero-order valence-corrected chi connectivity index (χ0v) is 23.3. The third-order valence-corrected chi connectivity index (χ3v) is 0. The molecule has 22 heteroatoms. The number of rotatable bonds is 0. The van der Waals surface area contributed by atoms with Crippen molar-refractivity contribution in [2.75, 3.05) is 0 Å². The standard InChI is InChI=1S/4Bi.3NO3.3H2O.3O/c;;;;3*2-1(3)4;;;;;;/h;;;;;;;3*1H2;;;/q4*+3;3*-1;;;;3*-2/p-3. The van der Waals surface area contributed by atoms with Gasteiger partial charge in [0.1, 0.15) is 0 Å². The number of nitrogens with zero attached hydrogens (tertiary/aromatic N) is 3. The van der Waals surface area contributed by atoms with Crippen LogP contribution in [0.2, 0.25) is 0 Å². The summed E-state index contributed by atoms with van der Waals surface area (Å²) in [5.74, 6) is 0. The van der Waals surface area contributed by atoms with E-state index < -0.39 is 15.3 Å². The van der Waals surface area contributed by atoms with Crippen LogP contribution >= 0.6 is 0 Å². The molecule has 0 atom stereocenters. The van der Waals surface area contributed by atoms with Gasteiger partial charge in [0, 0.05) is 0 Å². The summed E-state index contributed by atoms with van der Waals surface area (Å²) in [7, 11) is 0. The van der Waals surface area contributed by atoms with E-state index in [0.29, 0.717) is 0 Å². The van der Waals surface area contributed by atoms with Gasteiger partial charge in [-0.1, -0.05) is 0 Å². The molecule has 0 aliphatic rings. The van der Waals surface area contributed by atoms with E-state index in [-0.39, 0.29) is 138 Å². The van der Waals surface area contributed by atoms with Gasteiger partial charge in [0.15, 0.2) is 0 Å². The van der Waals surface area contributed by atoms with Crippen molar-refractivity contribution in [3.05, 3.63) is 46.0 Å². The van der Waals surface area contributed by atoms with Crippen LogP contribution < -0.4 is 0 Å². The molecule has 0 heterocycles. The van der Waals surface area contributed by atoms with Crippen LogP contribution in [0.25, 0.3) is 0 Å². The van der Waals surface area contributed by atoms with E-state index >= 15 is 0 Å². The summed E-state index contributed by atoms with van der Waals surface area (Å²) < 4.78 is 0. The molecular weight excluding hydrogens is 1120 g/mol. The van der Waals surface area contributed by atoms with Crippen molar-refractivity contribution >= 4 is 105 Å². The van der Waals surface area contributed by atoms with Crippen molar-refractivity contribution in [1.82, 2.24) is 0 Å². The van der Waals surface area contributed by atoms with Crippen LogP contribution in [0.15, 0.2) is 0 Å². The quantitative estimate of drug-likeness (QED) is 0.132. The van der Waals surface area contributed by atoms with E-state index in [1.165, 1.54) is 0 Å². The third-order valence-electron chi connectivity index (χ3n) is 0. The minimum atomic E-state index is -1.75. The maximum absolute atomic E-state index is 8.25. The summed E-state index contributed by atoms with van der Waals surface area (Å²) in [5, 5.41) is 44.2. The van der Waals surface area contributed by atoms with Crippen LogP contribution in [-0.4, -0.2) is 137 Å². The summed E-state index contributed by atoms with van der Waals surface area (Å²) in [6.45, 7) is 0. The second kappa shape index (κ2) is 97.6. The molecule has 0 fully saturated rings. The maximum atomic E-state index is 8.25. The summed E-state index contributed by atoms with van der Waals surface area (Å²) >= 11 is 0. The zero-order chi connectivity index (χ0) is 10.7. The molecule has 0 bridgehead atoms. The topological polar surface area (TPSA) is 374 Å². The van der Waals surface area contributed by atoms with Gasteiger partial charge in [0.2, 0.25) is 0 Å². The van der Waals surface area contributed by atoms with Crippen LogP contribution in [0.5, 0.6) is 0 Å². The Balaban J connectivity index is -0.00000000409. The average Bonchev–Trinajstić information content (AvgIpc) is 1.54.